The molecule has 2 aliphatic carbocycles. The van der Waals surface area contributed by atoms with E-state index in [1.54, 1.807) is 24.4 Å². The molecular weight excluding hydrogens is 484 g/mol. The molecule has 1 unspecified atom stereocenters. The van der Waals surface area contributed by atoms with E-state index in [2.05, 4.69) is 15.3 Å². The Morgan fingerprint density at radius 2 is 2.08 bits per heavy atom. The van der Waals surface area contributed by atoms with Crippen LogP contribution in [0.25, 0.3) is 10.9 Å². The van der Waals surface area contributed by atoms with E-state index in [0.29, 0.717) is 27.6 Å². The molecule has 0 saturated heterocycles. The smallest absolute Gasteiger partial charge is 0.252 e. The molecule has 0 spiro atoms. The van der Waals surface area contributed by atoms with Gasteiger partial charge in [-0.25, -0.2) is 0 Å². The number of fused-ring (bicyclic) bond motifs is 1. The quantitative estimate of drug-likeness (QED) is 0.171. The molecule has 0 radical (unpaired) electrons. The van der Waals surface area contributed by atoms with E-state index in [4.69, 9.17) is 17.3 Å². The summed E-state index contributed by atoms with van der Waals surface area (Å²) in [7, 11) is 0. The Morgan fingerprint density at radius 3 is 2.84 bits per heavy atom. The van der Waals surface area contributed by atoms with Crippen molar-refractivity contribution in [2.75, 3.05) is 6.54 Å². The number of nitrogens with zero attached hydrogens (tertiary/aromatic N) is 2. The number of hydrogen-bond donors (Lipinski definition) is 2. The summed E-state index contributed by atoms with van der Waals surface area (Å²) in [6, 6.07) is 7.42. The first-order valence-corrected chi connectivity index (χ1v) is 13.5. The summed E-state index contributed by atoms with van der Waals surface area (Å²) in [4.78, 5) is 32.9. The van der Waals surface area contributed by atoms with Gasteiger partial charge in [0, 0.05) is 35.3 Å². The molecule has 1 saturated carbocycles. The summed E-state index contributed by atoms with van der Waals surface area (Å²) >= 11 is 6.24. The molecule has 3 N–H and O–H groups in total. The number of aliphatic imine (C=N–C) groups is 1. The number of halogens is 1. The van der Waals surface area contributed by atoms with Gasteiger partial charge < -0.3 is 11.1 Å². The first kappa shape index (κ1) is 27.0. The molecule has 37 heavy (non-hydrogen) atoms. The predicted octanol–water partition coefficient (Wildman–Crippen LogP) is 5.76. The van der Waals surface area contributed by atoms with Crippen LogP contribution < -0.4 is 11.1 Å². The van der Waals surface area contributed by atoms with Crippen molar-refractivity contribution in [3.63, 3.8) is 0 Å². The summed E-state index contributed by atoms with van der Waals surface area (Å²) in [6.07, 6.45) is 18.9. The third-order valence-corrected chi connectivity index (χ3v) is 7.62. The van der Waals surface area contributed by atoms with Crippen molar-refractivity contribution in [3.05, 3.63) is 76.5 Å². The molecule has 1 atom stereocenters. The molecule has 4 rings (SSSR count). The van der Waals surface area contributed by atoms with Gasteiger partial charge in [0.25, 0.3) is 5.91 Å². The molecule has 2 aromatic rings. The molecule has 1 heterocycles. The van der Waals surface area contributed by atoms with Gasteiger partial charge in [0.1, 0.15) is 6.29 Å². The number of carbonyl (C=O) groups is 2. The number of hydrogen-bond acceptors (Lipinski definition) is 5. The second-order valence-corrected chi connectivity index (χ2v) is 10.4. The third kappa shape index (κ3) is 7.02. The van der Waals surface area contributed by atoms with Crippen LogP contribution in [-0.2, 0) is 4.79 Å². The van der Waals surface area contributed by atoms with E-state index in [1.807, 2.05) is 43.5 Å². The number of aromatic nitrogens is 1. The lowest BCUT2D eigenvalue weighted by molar-refractivity contribution is -0.104. The van der Waals surface area contributed by atoms with Gasteiger partial charge in [0.2, 0.25) is 0 Å². The number of benzene rings is 1. The molecule has 1 aromatic heterocycles. The highest BCUT2D eigenvalue weighted by Crippen LogP contribution is 2.37. The van der Waals surface area contributed by atoms with E-state index in [9.17, 15) is 9.59 Å². The molecular formula is C30H35ClN4O2. The molecule has 0 aliphatic heterocycles. The van der Waals surface area contributed by atoms with Crippen molar-refractivity contribution in [1.82, 2.24) is 10.3 Å². The lowest BCUT2D eigenvalue weighted by atomic mass is 9.84. The van der Waals surface area contributed by atoms with Crippen molar-refractivity contribution < 1.29 is 9.59 Å². The highest BCUT2D eigenvalue weighted by atomic mass is 35.5. The summed E-state index contributed by atoms with van der Waals surface area (Å²) in [6.45, 7) is 2.70. The molecule has 1 fully saturated rings. The van der Waals surface area contributed by atoms with E-state index >= 15 is 0 Å². The second kappa shape index (κ2) is 12.4. The standard InChI is InChI=1S/C30H35ClN4O2/c1-2-5-22(20-36)18-23-19-30(23,32)14-4-15-33-17-13-21-7-9-24(10-8-21)35-29(37)26-11-12-27(31)28-25(26)6-3-16-34-28/h2-3,5-6,11-12,15-16,18-21,24H,4,7-10,13-14,17,32H2,1H3,(H,35,37)/b5-2-,22-18+,33-15?. The number of pyridine rings is 1. The van der Waals surface area contributed by atoms with Crippen molar-refractivity contribution in [1.29, 1.82) is 0 Å². The normalized spacial score (nSPS) is 24.0. The Labute approximate surface area is 223 Å². The number of rotatable bonds is 11. The lowest BCUT2D eigenvalue weighted by Crippen LogP contribution is -2.37. The number of nitrogens with one attached hydrogen (secondary N) is 1. The molecule has 1 aromatic carbocycles. The van der Waals surface area contributed by atoms with Crippen LogP contribution in [0.15, 0.2) is 70.9 Å². The largest absolute Gasteiger partial charge is 0.349 e. The summed E-state index contributed by atoms with van der Waals surface area (Å²) in [5.41, 5.74) is 8.89. The van der Waals surface area contributed by atoms with E-state index in [0.717, 1.165) is 68.7 Å². The second-order valence-electron chi connectivity index (χ2n) is 10.0. The third-order valence-electron chi connectivity index (χ3n) is 7.31. The number of carbonyl (C=O) groups excluding carboxylic acids is 2. The summed E-state index contributed by atoms with van der Waals surface area (Å²) < 4.78 is 0. The van der Waals surface area contributed by atoms with Crippen LogP contribution in [-0.4, -0.2) is 41.5 Å². The first-order chi connectivity index (χ1) is 17.9. The fourth-order valence-corrected chi connectivity index (χ4v) is 5.28. The van der Waals surface area contributed by atoms with Crippen LogP contribution in [0.1, 0.15) is 62.2 Å². The zero-order chi connectivity index (χ0) is 26.3. The Kier molecular flexibility index (Phi) is 9.06. The fourth-order valence-electron chi connectivity index (χ4n) is 5.07. The predicted molar refractivity (Wildman–Crippen MR) is 151 cm³/mol. The molecule has 2 aliphatic rings. The van der Waals surface area contributed by atoms with Crippen LogP contribution in [0.2, 0.25) is 5.02 Å². The van der Waals surface area contributed by atoms with E-state index < -0.39 is 5.54 Å². The molecule has 6 nitrogen and oxygen atoms in total. The topological polar surface area (TPSA) is 97.4 Å². The van der Waals surface area contributed by atoms with Crippen molar-refractivity contribution in [3.8, 4) is 0 Å². The zero-order valence-corrected chi connectivity index (χ0v) is 22.1. The number of aldehydes is 1. The maximum absolute atomic E-state index is 12.9. The lowest BCUT2D eigenvalue weighted by Gasteiger charge is -2.29. The minimum Gasteiger partial charge on any atom is -0.349 e. The number of amides is 1. The minimum atomic E-state index is -0.403. The minimum absolute atomic E-state index is 0.0617. The van der Waals surface area contributed by atoms with Crippen LogP contribution in [0.5, 0.6) is 0 Å². The first-order valence-electron chi connectivity index (χ1n) is 13.1. The van der Waals surface area contributed by atoms with Crippen LogP contribution in [0.4, 0.5) is 0 Å². The van der Waals surface area contributed by atoms with Gasteiger partial charge in [-0.2, -0.15) is 0 Å². The van der Waals surface area contributed by atoms with Crippen LogP contribution >= 0.6 is 11.6 Å². The van der Waals surface area contributed by atoms with Crippen molar-refractivity contribution in [2.45, 2.75) is 63.5 Å². The average molecular weight is 519 g/mol. The van der Waals surface area contributed by atoms with Gasteiger partial charge in [0.15, 0.2) is 0 Å². The summed E-state index contributed by atoms with van der Waals surface area (Å²) in [5, 5.41) is 4.55. The SMILES string of the molecule is C/C=C\C(C=O)=C/C1=CC1(N)CCC=NCCC1CCC(NC(=O)c2ccc(Cl)c3ncccc23)CC1. The Hall–Kier alpha value is -3.09. The Balaban J connectivity index is 1.14. The molecule has 0 bridgehead atoms. The van der Waals surface area contributed by atoms with E-state index in [1.165, 1.54) is 0 Å². The van der Waals surface area contributed by atoms with Gasteiger partial charge in [-0.1, -0.05) is 35.9 Å². The Morgan fingerprint density at radius 1 is 1.27 bits per heavy atom. The fraction of sp³-hybridized carbons (Fsp3) is 0.400. The highest BCUT2D eigenvalue weighted by molar-refractivity contribution is 6.35. The monoisotopic (exact) mass is 518 g/mol. The maximum atomic E-state index is 12.9. The van der Waals surface area contributed by atoms with Gasteiger partial charge in [-0.05, 0) is 93.9 Å². The molecule has 194 valence electrons. The molecule has 7 heteroatoms. The van der Waals surface area contributed by atoms with Gasteiger partial charge >= 0.3 is 0 Å². The van der Waals surface area contributed by atoms with E-state index in [-0.39, 0.29) is 11.9 Å². The Bertz CT molecular complexity index is 1260. The van der Waals surface area contributed by atoms with Crippen molar-refractivity contribution >= 4 is 40.9 Å². The zero-order valence-electron chi connectivity index (χ0n) is 21.3. The van der Waals surface area contributed by atoms with Gasteiger partial charge in [-0.3, -0.25) is 19.6 Å². The summed E-state index contributed by atoms with van der Waals surface area (Å²) in [5.74, 6) is 0.579. The maximum Gasteiger partial charge on any atom is 0.252 e. The number of nitrogens with two attached hydrogens (primary N) is 1. The van der Waals surface area contributed by atoms with Gasteiger partial charge in [0.05, 0.1) is 16.1 Å². The average Bonchev–Trinajstić information content (AvgIpc) is 3.55. The van der Waals surface area contributed by atoms with Gasteiger partial charge in [-0.15, -0.1) is 0 Å². The highest BCUT2D eigenvalue weighted by Gasteiger charge is 2.37. The number of allylic oxidation sites excluding steroid dienone is 3. The van der Waals surface area contributed by atoms with Crippen molar-refractivity contribution in [2.24, 2.45) is 16.6 Å². The van der Waals surface area contributed by atoms with Crippen LogP contribution in [0.3, 0.4) is 0 Å². The molecule has 1 amide bonds. The van der Waals surface area contributed by atoms with Crippen LogP contribution in [0, 0.1) is 5.92 Å².